The number of Topliss-reactive ketones (excluding diaryl/α,β-unsaturated/α-hetero) is 1. The number of ketones is 1. The highest BCUT2D eigenvalue weighted by Crippen LogP contribution is 2.35. The maximum atomic E-state index is 13.1. The minimum atomic E-state index is -0.643. The number of carbonyl (C=O) groups is 2. The zero-order chi connectivity index (χ0) is 16.8. The zero-order valence-corrected chi connectivity index (χ0v) is 14.5. The van der Waals surface area contributed by atoms with Crippen LogP contribution in [-0.4, -0.2) is 30.2 Å². The molecule has 1 N–H and O–H groups in total. The van der Waals surface area contributed by atoms with E-state index >= 15 is 0 Å². The second-order valence-electron chi connectivity index (χ2n) is 5.30. The minimum Gasteiger partial charge on any atom is -0.364 e. The van der Waals surface area contributed by atoms with Gasteiger partial charge in [-0.1, -0.05) is 41.4 Å². The van der Waals surface area contributed by atoms with Gasteiger partial charge in [-0.2, -0.15) is 0 Å². The highest BCUT2D eigenvalue weighted by atomic mass is 79.9. The van der Waals surface area contributed by atoms with Gasteiger partial charge in [0.2, 0.25) is 0 Å². The molecule has 1 aliphatic rings. The molecule has 0 radical (unpaired) electrons. The Morgan fingerprint density at radius 2 is 2.04 bits per heavy atom. The van der Waals surface area contributed by atoms with E-state index in [0.29, 0.717) is 23.3 Å². The van der Waals surface area contributed by atoms with E-state index in [1.54, 1.807) is 12.1 Å². The van der Waals surface area contributed by atoms with Crippen molar-refractivity contribution in [3.63, 3.8) is 0 Å². The summed E-state index contributed by atoms with van der Waals surface area (Å²) < 4.78 is 18.8. The van der Waals surface area contributed by atoms with E-state index in [4.69, 9.17) is 4.74 Å². The van der Waals surface area contributed by atoms with Crippen molar-refractivity contribution in [3.05, 3.63) is 46.8 Å². The summed E-state index contributed by atoms with van der Waals surface area (Å²) in [6.45, 7) is 2.67. The van der Waals surface area contributed by atoms with Gasteiger partial charge in [-0.15, -0.1) is 0 Å². The average molecular weight is 384 g/mol. The van der Waals surface area contributed by atoms with Crippen molar-refractivity contribution in [2.75, 3.05) is 18.5 Å². The number of amides is 1. The molecule has 1 unspecified atom stereocenters. The van der Waals surface area contributed by atoms with Gasteiger partial charge >= 0.3 is 0 Å². The van der Waals surface area contributed by atoms with Crippen LogP contribution in [0.1, 0.15) is 31.4 Å². The molecular formula is C17H19BrFNO3. The number of ether oxygens (including phenoxy) is 1. The van der Waals surface area contributed by atoms with Crippen molar-refractivity contribution >= 4 is 27.6 Å². The molecule has 1 heterocycles. The lowest BCUT2D eigenvalue weighted by molar-refractivity contribution is -0.119. The molecule has 0 bridgehead atoms. The Morgan fingerprint density at radius 1 is 1.35 bits per heavy atom. The largest absolute Gasteiger partial charge is 0.364 e. The summed E-state index contributed by atoms with van der Waals surface area (Å²) in [6, 6.07) is 5.77. The van der Waals surface area contributed by atoms with Gasteiger partial charge in [0.15, 0.2) is 5.78 Å². The molecule has 1 aliphatic heterocycles. The van der Waals surface area contributed by atoms with Gasteiger partial charge in [0.25, 0.3) is 5.91 Å². The maximum absolute atomic E-state index is 13.1. The van der Waals surface area contributed by atoms with Gasteiger partial charge in [0.05, 0.1) is 17.5 Å². The van der Waals surface area contributed by atoms with E-state index in [-0.39, 0.29) is 29.4 Å². The van der Waals surface area contributed by atoms with Crippen molar-refractivity contribution in [1.82, 2.24) is 5.32 Å². The first-order valence-electron chi connectivity index (χ1n) is 7.56. The van der Waals surface area contributed by atoms with E-state index in [1.165, 1.54) is 12.1 Å². The first kappa shape index (κ1) is 17.8. The first-order valence-corrected chi connectivity index (χ1v) is 8.68. The van der Waals surface area contributed by atoms with Crippen molar-refractivity contribution in [2.45, 2.75) is 25.9 Å². The Bertz CT molecular complexity index is 613. The molecule has 0 aliphatic carbocycles. The van der Waals surface area contributed by atoms with E-state index < -0.39 is 6.10 Å². The van der Waals surface area contributed by atoms with Crippen LogP contribution in [0.3, 0.4) is 0 Å². The summed E-state index contributed by atoms with van der Waals surface area (Å²) in [5, 5.41) is 2.96. The van der Waals surface area contributed by atoms with E-state index in [1.807, 2.05) is 6.92 Å². The maximum Gasteiger partial charge on any atom is 0.250 e. The van der Waals surface area contributed by atoms with Crippen LogP contribution in [0, 0.1) is 5.82 Å². The van der Waals surface area contributed by atoms with Crippen LogP contribution < -0.4 is 5.32 Å². The lowest BCUT2D eigenvalue weighted by Gasteiger charge is -2.15. The standard InChI is InChI=1S/C17H19BrFNO3/c1-2-3-8-20-17(22)15-13(14(21)9-18)10-23-16(15)11-4-6-12(19)7-5-11/h4-7,16H,2-3,8-10H2,1H3,(H,20,22). The third-order valence-electron chi connectivity index (χ3n) is 3.67. The summed E-state index contributed by atoms with van der Waals surface area (Å²) >= 11 is 3.13. The van der Waals surface area contributed by atoms with Crippen LogP contribution >= 0.6 is 15.9 Å². The second-order valence-corrected chi connectivity index (χ2v) is 5.86. The fourth-order valence-corrected chi connectivity index (χ4v) is 2.77. The van der Waals surface area contributed by atoms with Crippen LogP contribution in [0.25, 0.3) is 0 Å². The summed E-state index contributed by atoms with van der Waals surface area (Å²) in [4.78, 5) is 24.6. The third kappa shape index (κ3) is 4.26. The minimum absolute atomic E-state index is 0.0863. The molecule has 0 saturated carbocycles. The topological polar surface area (TPSA) is 55.4 Å². The van der Waals surface area contributed by atoms with E-state index in [0.717, 1.165) is 12.8 Å². The third-order valence-corrected chi connectivity index (χ3v) is 4.18. The van der Waals surface area contributed by atoms with Crippen molar-refractivity contribution < 1.29 is 18.7 Å². The monoisotopic (exact) mass is 383 g/mol. The molecule has 1 aromatic rings. The number of nitrogens with one attached hydrogen (secondary N) is 1. The van der Waals surface area contributed by atoms with Crippen molar-refractivity contribution in [3.8, 4) is 0 Å². The summed E-state index contributed by atoms with van der Waals surface area (Å²) in [6.07, 6.45) is 1.18. The van der Waals surface area contributed by atoms with Crippen LogP contribution in [0.2, 0.25) is 0 Å². The van der Waals surface area contributed by atoms with Gasteiger partial charge in [-0.3, -0.25) is 9.59 Å². The number of rotatable bonds is 7. The smallest absolute Gasteiger partial charge is 0.250 e. The Morgan fingerprint density at radius 3 is 2.65 bits per heavy atom. The highest BCUT2D eigenvalue weighted by molar-refractivity contribution is 9.09. The first-order chi connectivity index (χ1) is 11.1. The zero-order valence-electron chi connectivity index (χ0n) is 12.9. The number of halogens is 2. The Hall–Kier alpha value is -1.53. The lowest BCUT2D eigenvalue weighted by atomic mass is 9.97. The number of benzene rings is 1. The van der Waals surface area contributed by atoms with Crippen LogP contribution in [0.5, 0.6) is 0 Å². The highest BCUT2D eigenvalue weighted by Gasteiger charge is 2.35. The molecule has 124 valence electrons. The molecule has 1 atom stereocenters. The van der Waals surface area contributed by atoms with Gasteiger partial charge < -0.3 is 10.1 Å². The number of carbonyl (C=O) groups excluding carboxylic acids is 2. The molecule has 0 spiro atoms. The van der Waals surface area contributed by atoms with Crippen LogP contribution in [0.15, 0.2) is 35.4 Å². The molecule has 4 nitrogen and oxygen atoms in total. The normalized spacial score (nSPS) is 17.4. The quantitative estimate of drug-likeness (QED) is 0.581. The number of unbranched alkanes of at least 4 members (excludes halogenated alkanes) is 1. The van der Waals surface area contributed by atoms with Gasteiger partial charge in [0, 0.05) is 12.1 Å². The Balaban J connectivity index is 2.31. The fourth-order valence-electron chi connectivity index (χ4n) is 2.43. The molecule has 1 aromatic carbocycles. The lowest BCUT2D eigenvalue weighted by Crippen LogP contribution is -2.29. The molecule has 23 heavy (non-hydrogen) atoms. The van der Waals surface area contributed by atoms with Crippen molar-refractivity contribution in [2.24, 2.45) is 0 Å². The summed E-state index contributed by atoms with van der Waals surface area (Å²) in [7, 11) is 0. The van der Waals surface area contributed by atoms with E-state index in [2.05, 4.69) is 21.2 Å². The summed E-state index contributed by atoms with van der Waals surface area (Å²) in [5.41, 5.74) is 1.37. The molecule has 0 fully saturated rings. The number of alkyl halides is 1. The average Bonchev–Trinajstić information content (AvgIpc) is 3.00. The van der Waals surface area contributed by atoms with Crippen molar-refractivity contribution in [1.29, 1.82) is 0 Å². The molecule has 0 aromatic heterocycles. The molecule has 1 amide bonds. The van der Waals surface area contributed by atoms with Crippen LogP contribution in [-0.2, 0) is 14.3 Å². The molecule has 6 heteroatoms. The summed E-state index contributed by atoms with van der Waals surface area (Å²) in [5.74, 6) is -0.828. The number of hydrogen-bond donors (Lipinski definition) is 1. The Labute approximate surface area is 143 Å². The number of hydrogen-bond acceptors (Lipinski definition) is 3. The second kappa shape index (κ2) is 8.36. The van der Waals surface area contributed by atoms with Gasteiger partial charge in [0.1, 0.15) is 11.9 Å². The van der Waals surface area contributed by atoms with E-state index in [9.17, 15) is 14.0 Å². The Kier molecular flexibility index (Phi) is 6.47. The van der Waals surface area contributed by atoms with Gasteiger partial charge in [-0.25, -0.2) is 4.39 Å². The van der Waals surface area contributed by atoms with Gasteiger partial charge in [-0.05, 0) is 24.1 Å². The predicted octanol–water partition coefficient (Wildman–Crippen LogP) is 3.07. The van der Waals surface area contributed by atoms with Crippen LogP contribution in [0.4, 0.5) is 4.39 Å². The molecule has 2 rings (SSSR count). The molecule has 0 saturated heterocycles. The molecular weight excluding hydrogens is 365 g/mol. The SMILES string of the molecule is CCCCNC(=O)C1=C(C(=O)CBr)COC1c1ccc(F)cc1. The fraction of sp³-hybridized carbons (Fsp3) is 0.412. The predicted molar refractivity (Wildman–Crippen MR) is 88.8 cm³/mol.